The SMILES string of the molecule is Clc1ncc(CC2=CCc3ccc(C4NCOCN4)cc32)s1. The van der Waals surface area contributed by atoms with Crippen LogP contribution < -0.4 is 10.6 Å². The number of ether oxygens (including phenoxy) is 1. The fourth-order valence-electron chi connectivity index (χ4n) is 2.96. The maximum Gasteiger partial charge on any atom is 0.183 e. The molecule has 1 saturated heterocycles. The monoisotopic (exact) mass is 333 g/mol. The molecule has 1 fully saturated rings. The van der Waals surface area contributed by atoms with E-state index in [1.54, 1.807) is 11.3 Å². The molecular weight excluding hydrogens is 318 g/mol. The van der Waals surface area contributed by atoms with Crippen molar-refractivity contribution in [3.8, 4) is 0 Å². The Balaban J connectivity index is 1.59. The first kappa shape index (κ1) is 14.4. The molecule has 0 amide bonds. The zero-order chi connectivity index (χ0) is 14.9. The summed E-state index contributed by atoms with van der Waals surface area (Å²) in [4.78, 5) is 5.33. The van der Waals surface area contributed by atoms with Gasteiger partial charge in [-0.3, -0.25) is 10.6 Å². The first-order valence-electron chi connectivity index (χ1n) is 7.26. The number of fused-ring (bicyclic) bond motifs is 1. The molecule has 4 nitrogen and oxygen atoms in total. The van der Waals surface area contributed by atoms with Crippen LogP contribution in [0.15, 0.2) is 30.5 Å². The minimum Gasteiger partial charge on any atom is -0.351 e. The van der Waals surface area contributed by atoms with Gasteiger partial charge in [0.1, 0.15) is 0 Å². The highest BCUT2D eigenvalue weighted by atomic mass is 35.5. The van der Waals surface area contributed by atoms with Crippen molar-refractivity contribution >= 4 is 28.5 Å². The summed E-state index contributed by atoms with van der Waals surface area (Å²) < 4.78 is 5.87. The number of aromatic nitrogens is 1. The van der Waals surface area contributed by atoms with E-state index in [-0.39, 0.29) is 6.17 Å². The smallest absolute Gasteiger partial charge is 0.183 e. The van der Waals surface area contributed by atoms with E-state index in [0.717, 1.165) is 12.8 Å². The van der Waals surface area contributed by atoms with Gasteiger partial charge in [-0.2, -0.15) is 0 Å². The first-order chi connectivity index (χ1) is 10.8. The predicted octanol–water partition coefficient (Wildman–Crippen LogP) is 3.10. The van der Waals surface area contributed by atoms with Crippen molar-refractivity contribution in [3.63, 3.8) is 0 Å². The summed E-state index contributed by atoms with van der Waals surface area (Å²) in [5, 5.41) is 6.63. The number of thiazole rings is 1. The van der Waals surface area contributed by atoms with Gasteiger partial charge in [-0.05, 0) is 34.8 Å². The van der Waals surface area contributed by atoms with Crippen molar-refractivity contribution in [2.75, 3.05) is 13.5 Å². The number of hydrogen-bond acceptors (Lipinski definition) is 5. The Morgan fingerprint density at radius 2 is 2.18 bits per heavy atom. The van der Waals surface area contributed by atoms with Gasteiger partial charge in [-0.15, -0.1) is 11.3 Å². The Bertz CT molecular complexity index is 722. The van der Waals surface area contributed by atoms with Crippen molar-refractivity contribution in [2.45, 2.75) is 19.0 Å². The Morgan fingerprint density at radius 3 is 2.95 bits per heavy atom. The summed E-state index contributed by atoms with van der Waals surface area (Å²) in [6.07, 6.45) is 6.24. The number of allylic oxidation sites excluding steroid dienone is 2. The van der Waals surface area contributed by atoms with Crippen LogP contribution in [0.1, 0.15) is 27.7 Å². The largest absolute Gasteiger partial charge is 0.351 e. The molecule has 0 unspecified atom stereocenters. The molecule has 114 valence electrons. The number of rotatable bonds is 3. The second-order valence-electron chi connectivity index (χ2n) is 5.44. The molecule has 0 atom stereocenters. The third kappa shape index (κ3) is 2.83. The lowest BCUT2D eigenvalue weighted by Crippen LogP contribution is -2.42. The van der Waals surface area contributed by atoms with Gasteiger partial charge in [-0.1, -0.05) is 29.8 Å². The minimum absolute atomic E-state index is 0.152. The maximum atomic E-state index is 5.93. The van der Waals surface area contributed by atoms with Gasteiger partial charge in [0.2, 0.25) is 0 Å². The van der Waals surface area contributed by atoms with E-state index in [0.29, 0.717) is 17.9 Å². The van der Waals surface area contributed by atoms with Crippen molar-refractivity contribution in [1.82, 2.24) is 15.6 Å². The molecule has 1 aromatic heterocycles. The van der Waals surface area contributed by atoms with Gasteiger partial charge in [0, 0.05) is 17.5 Å². The van der Waals surface area contributed by atoms with Crippen molar-refractivity contribution in [2.24, 2.45) is 0 Å². The Labute approximate surface area is 138 Å². The normalized spacial score (nSPS) is 18.3. The lowest BCUT2D eigenvalue weighted by atomic mass is 9.99. The van der Waals surface area contributed by atoms with Gasteiger partial charge in [0.25, 0.3) is 0 Å². The average Bonchev–Trinajstić information content (AvgIpc) is 3.15. The fraction of sp³-hybridized carbons (Fsp3) is 0.312. The van der Waals surface area contributed by atoms with Crippen LogP contribution in [0.25, 0.3) is 5.57 Å². The molecule has 2 aromatic rings. The van der Waals surface area contributed by atoms with Crippen LogP contribution in [0.3, 0.4) is 0 Å². The fourth-order valence-corrected chi connectivity index (χ4v) is 3.96. The van der Waals surface area contributed by atoms with Crippen LogP contribution in [0.4, 0.5) is 0 Å². The highest BCUT2D eigenvalue weighted by Gasteiger charge is 2.19. The van der Waals surface area contributed by atoms with Crippen molar-refractivity contribution in [3.05, 3.63) is 56.5 Å². The number of benzene rings is 1. The van der Waals surface area contributed by atoms with Gasteiger partial charge in [0.15, 0.2) is 4.47 Å². The number of halogens is 1. The maximum absolute atomic E-state index is 5.93. The number of hydrogen-bond donors (Lipinski definition) is 2. The van der Waals surface area contributed by atoms with Gasteiger partial charge < -0.3 is 4.74 Å². The molecule has 1 aliphatic carbocycles. The quantitative estimate of drug-likeness (QED) is 0.906. The lowest BCUT2D eigenvalue weighted by molar-refractivity contribution is 0.0371. The molecular formula is C16H16ClN3OS. The van der Waals surface area contributed by atoms with E-state index in [2.05, 4.69) is 39.9 Å². The standard InChI is InChI=1S/C16H16ClN3OS/c17-16-18-7-13(22-16)5-11-3-1-10-2-4-12(6-14(10)11)15-19-8-21-9-20-15/h2-4,6-7,15,19-20H,1,5,8-9H2. The molecule has 1 aromatic carbocycles. The summed E-state index contributed by atoms with van der Waals surface area (Å²) in [5.74, 6) is 0. The molecule has 0 radical (unpaired) electrons. The van der Waals surface area contributed by atoms with Crippen LogP contribution in [-0.2, 0) is 17.6 Å². The predicted molar refractivity (Wildman–Crippen MR) is 88.8 cm³/mol. The molecule has 6 heteroatoms. The topological polar surface area (TPSA) is 46.2 Å². The molecule has 2 heterocycles. The van der Waals surface area contributed by atoms with E-state index >= 15 is 0 Å². The Morgan fingerprint density at radius 1 is 1.32 bits per heavy atom. The molecule has 0 spiro atoms. The molecule has 22 heavy (non-hydrogen) atoms. The Kier molecular flexibility index (Phi) is 3.98. The zero-order valence-corrected chi connectivity index (χ0v) is 13.5. The van der Waals surface area contributed by atoms with E-state index in [9.17, 15) is 0 Å². The van der Waals surface area contributed by atoms with E-state index in [1.807, 2.05) is 6.20 Å². The van der Waals surface area contributed by atoms with Crippen LogP contribution >= 0.6 is 22.9 Å². The summed E-state index contributed by atoms with van der Waals surface area (Å²) >= 11 is 7.49. The Hall–Kier alpha value is -1.24. The number of nitrogens with zero attached hydrogens (tertiary/aromatic N) is 1. The molecule has 2 aliphatic rings. The lowest BCUT2D eigenvalue weighted by Gasteiger charge is -2.26. The summed E-state index contributed by atoms with van der Waals surface area (Å²) in [6.45, 7) is 1.16. The van der Waals surface area contributed by atoms with Crippen LogP contribution in [0.5, 0.6) is 0 Å². The molecule has 2 N–H and O–H groups in total. The highest BCUT2D eigenvalue weighted by molar-refractivity contribution is 7.15. The zero-order valence-electron chi connectivity index (χ0n) is 11.9. The molecule has 4 rings (SSSR count). The van der Waals surface area contributed by atoms with Crippen LogP contribution in [0, 0.1) is 0 Å². The van der Waals surface area contributed by atoms with Gasteiger partial charge >= 0.3 is 0 Å². The minimum atomic E-state index is 0.152. The summed E-state index contributed by atoms with van der Waals surface area (Å²) in [7, 11) is 0. The second kappa shape index (κ2) is 6.10. The van der Waals surface area contributed by atoms with Gasteiger partial charge in [0.05, 0.1) is 19.6 Å². The average molecular weight is 334 g/mol. The van der Waals surface area contributed by atoms with Crippen LogP contribution in [0.2, 0.25) is 4.47 Å². The molecule has 0 bridgehead atoms. The van der Waals surface area contributed by atoms with E-state index in [4.69, 9.17) is 16.3 Å². The summed E-state index contributed by atoms with van der Waals surface area (Å²) in [6, 6.07) is 6.70. The summed E-state index contributed by atoms with van der Waals surface area (Å²) in [5.41, 5.74) is 5.35. The van der Waals surface area contributed by atoms with Crippen molar-refractivity contribution < 1.29 is 4.74 Å². The number of nitrogens with one attached hydrogen (secondary N) is 2. The van der Waals surface area contributed by atoms with Crippen LogP contribution in [-0.4, -0.2) is 18.4 Å². The molecule has 1 aliphatic heterocycles. The third-order valence-corrected chi connectivity index (χ3v) is 5.17. The van der Waals surface area contributed by atoms with Crippen molar-refractivity contribution in [1.29, 1.82) is 0 Å². The first-order valence-corrected chi connectivity index (χ1v) is 8.46. The molecule has 0 saturated carbocycles. The second-order valence-corrected chi connectivity index (χ2v) is 7.14. The van der Waals surface area contributed by atoms with Gasteiger partial charge in [-0.25, -0.2) is 4.98 Å². The van der Waals surface area contributed by atoms with E-state index in [1.165, 1.54) is 27.1 Å². The third-order valence-electron chi connectivity index (χ3n) is 4.05. The highest BCUT2D eigenvalue weighted by Crippen LogP contribution is 2.33. The van der Waals surface area contributed by atoms with E-state index < -0.39 is 0 Å².